The molecular formula is C23H28IN5O4S. The lowest BCUT2D eigenvalue weighted by atomic mass is 10.2. The number of nitrogens with zero attached hydrogens (tertiary/aromatic N) is 2. The van der Waals surface area contributed by atoms with E-state index in [9.17, 15) is 9.59 Å². The third kappa shape index (κ3) is 6.05. The molecule has 1 atom stereocenters. The summed E-state index contributed by atoms with van der Waals surface area (Å²) in [5.74, 6) is -0.489. The second-order valence-corrected chi connectivity index (χ2v) is 10.6. The predicted octanol–water partition coefficient (Wildman–Crippen LogP) is 3.96. The topological polar surface area (TPSA) is 120 Å². The summed E-state index contributed by atoms with van der Waals surface area (Å²) in [7, 11) is 0. The van der Waals surface area contributed by atoms with Crippen LogP contribution in [-0.2, 0) is 20.8 Å². The fourth-order valence-electron chi connectivity index (χ4n) is 3.43. The average molecular weight is 597 g/mol. The smallest absolute Gasteiger partial charge is 0.271 e. The molecule has 9 nitrogen and oxygen atoms in total. The van der Waals surface area contributed by atoms with Crippen molar-refractivity contribution in [3.63, 3.8) is 0 Å². The van der Waals surface area contributed by atoms with Gasteiger partial charge in [0.2, 0.25) is 11.0 Å². The van der Waals surface area contributed by atoms with Crippen molar-refractivity contribution in [3.8, 4) is 0 Å². The summed E-state index contributed by atoms with van der Waals surface area (Å²) in [6, 6.07) is 8.18. The van der Waals surface area contributed by atoms with Crippen LogP contribution in [0, 0.1) is 9.49 Å². The molecule has 1 aromatic heterocycles. The van der Waals surface area contributed by atoms with E-state index < -0.39 is 12.2 Å². The molecule has 2 amide bonds. The molecule has 2 heterocycles. The van der Waals surface area contributed by atoms with Gasteiger partial charge in [-0.3, -0.25) is 9.59 Å². The van der Waals surface area contributed by atoms with Gasteiger partial charge in [0.05, 0.1) is 0 Å². The molecule has 2 aliphatic rings. The van der Waals surface area contributed by atoms with Crippen LogP contribution in [0.1, 0.15) is 55.5 Å². The minimum atomic E-state index is -0.693. The van der Waals surface area contributed by atoms with Gasteiger partial charge in [-0.2, -0.15) is 0 Å². The van der Waals surface area contributed by atoms with Crippen LogP contribution in [0.3, 0.4) is 0 Å². The number of anilines is 1. The predicted molar refractivity (Wildman–Crippen MR) is 138 cm³/mol. The Balaban J connectivity index is 1.55. The molecule has 34 heavy (non-hydrogen) atoms. The number of thioether (sulfide) groups is 1. The lowest BCUT2D eigenvalue weighted by Crippen LogP contribution is -2.25. The van der Waals surface area contributed by atoms with E-state index in [1.807, 2.05) is 28.8 Å². The molecule has 182 valence electrons. The maximum atomic E-state index is 12.5. The van der Waals surface area contributed by atoms with Gasteiger partial charge in [0.1, 0.15) is 12.1 Å². The van der Waals surface area contributed by atoms with Crippen LogP contribution < -0.4 is 16.4 Å². The van der Waals surface area contributed by atoms with Gasteiger partial charge in [0, 0.05) is 27.6 Å². The molecule has 1 fully saturated rings. The minimum Gasteiger partial charge on any atom is -0.454 e. The number of carbonyl (C=O) groups is 2. The highest BCUT2D eigenvalue weighted by Gasteiger charge is 2.33. The first-order chi connectivity index (χ1) is 16.3. The van der Waals surface area contributed by atoms with Gasteiger partial charge in [0.25, 0.3) is 12.2 Å². The van der Waals surface area contributed by atoms with Crippen molar-refractivity contribution in [2.75, 3.05) is 11.9 Å². The van der Waals surface area contributed by atoms with Crippen LogP contribution in [0.5, 0.6) is 0 Å². The van der Waals surface area contributed by atoms with Crippen LogP contribution >= 0.6 is 34.4 Å². The standard InChI is InChI=1S/C23H28IN5O4S/c1-13(2)26-10-5-11-29-20(28-21(31)14-8-9-14)18(19(25)30)27-23(29)34-17-12-32-22(33-17)15-6-3-4-7-16(15)24/h3-4,6-7,12-14,22,26H,5,8-11H2,1-2H3,(H2,25,30)(H,28,31). The van der Waals surface area contributed by atoms with Gasteiger partial charge in [-0.1, -0.05) is 32.0 Å². The van der Waals surface area contributed by atoms with Crippen molar-refractivity contribution in [1.82, 2.24) is 14.9 Å². The number of hydrogen-bond donors (Lipinski definition) is 3. The average Bonchev–Trinajstić information content (AvgIpc) is 3.46. The van der Waals surface area contributed by atoms with Crippen LogP contribution in [0.25, 0.3) is 0 Å². The number of imidazole rings is 1. The van der Waals surface area contributed by atoms with E-state index >= 15 is 0 Å². The first-order valence-corrected chi connectivity index (χ1v) is 13.1. The summed E-state index contributed by atoms with van der Waals surface area (Å²) in [4.78, 5) is 29.2. The fourth-order valence-corrected chi connectivity index (χ4v) is 4.92. The zero-order chi connectivity index (χ0) is 24.2. The van der Waals surface area contributed by atoms with Gasteiger partial charge < -0.3 is 30.4 Å². The van der Waals surface area contributed by atoms with Crippen molar-refractivity contribution in [3.05, 3.63) is 50.4 Å². The van der Waals surface area contributed by atoms with E-state index in [4.69, 9.17) is 15.2 Å². The molecule has 0 saturated heterocycles. The number of benzene rings is 1. The molecule has 4 rings (SSSR count). The van der Waals surface area contributed by atoms with Gasteiger partial charge in [-0.15, -0.1) is 0 Å². The number of halogens is 1. The van der Waals surface area contributed by atoms with Gasteiger partial charge in [-0.25, -0.2) is 4.98 Å². The molecule has 0 bridgehead atoms. The number of primary amides is 1. The Hall–Kier alpha value is -2.25. The Labute approximate surface area is 216 Å². The van der Waals surface area contributed by atoms with Gasteiger partial charge in [-0.05, 0) is 66.2 Å². The number of ether oxygens (including phenoxy) is 2. The second-order valence-electron chi connectivity index (χ2n) is 8.48. The molecule has 11 heteroatoms. The van der Waals surface area contributed by atoms with Crippen molar-refractivity contribution < 1.29 is 19.1 Å². The summed E-state index contributed by atoms with van der Waals surface area (Å²) < 4.78 is 14.6. The molecule has 2 aromatic rings. The molecule has 1 saturated carbocycles. The van der Waals surface area contributed by atoms with E-state index in [0.29, 0.717) is 28.7 Å². The summed E-state index contributed by atoms with van der Waals surface area (Å²) >= 11 is 3.48. The van der Waals surface area contributed by atoms with E-state index in [1.54, 1.807) is 6.26 Å². The van der Waals surface area contributed by atoms with Crippen molar-refractivity contribution in [2.45, 2.75) is 57.1 Å². The first-order valence-electron chi connectivity index (χ1n) is 11.2. The van der Waals surface area contributed by atoms with Crippen LogP contribution in [0.15, 0.2) is 40.8 Å². The van der Waals surface area contributed by atoms with Crippen molar-refractivity contribution in [2.24, 2.45) is 11.7 Å². The van der Waals surface area contributed by atoms with E-state index in [2.05, 4.69) is 52.1 Å². The molecule has 1 aliphatic carbocycles. The Morgan fingerprint density at radius 1 is 1.32 bits per heavy atom. The highest BCUT2D eigenvalue weighted by molar-refractivity contribution is 14.1. The Morgan fingerprint density at radius 2 is 2.09 bits per heavy atom. The summed E-state index contributed by atoms with van der Waals surface area (Å²) in [5.41, 5.74) is 6.59. The normalized spacial score (nSPS) is 17.3. The number of amides is 2. The first kappa shape index (κ1) is 24.9. The zero-order valence-electron chi connectivity index (χ0n) is 19.0. The molecule has 1 unspecified atom stereocenters. The molecule has 4 N–H and O–H groups in total. The van der Waals surface area contributed by atoms with Crippen molar-refractivity contribution in [1.29, 1.82) is 0 Å². The summed E-state index contributed by atoms with van der Waals surface area (Å²) in [5, 5.41) is 7.28. The molecule has 0 radical (unpaired) electrons. The van der Waals surface area contributed by atoms with E-state index in [0.717, 1.165) is 34.9 Å². The zero-order valence-corrected chi connectivity index (χ0v) is 22.0. The number of nitrogens with one attached hydrogen (secondary N) is 2. The monoisotopic (exact) mass is 597 g/mol. The molecule has 1 aliphatic heterocycles. The molecule has 0 spiro atoms. The van der Waals surface area contributed by atoms with E-state index in [-0.39, 0.29) is 17.5 Å². The summed E-state index contributed by atoms with van der Waals surface area (Å²) in [6.07, 6.45) is 3.46. The number of aromatic nitrogens is 2. The molecule has 1 aromatic carbocycles. The summed E-state index contributed by atoms with van der Waals surface area (Å²) in [6.45, 7) is 5.48. The molecular weight excluding hydrogens is 569 g/mol. The third-order valence-corrected chi connectivity index (χ3v) is 7.20. The van der Waals surface area contributed by atoms with E-state index in [1.165, 1.54) is 11.8 Å². The van der Waals surface area contributed by atoms with Crippen LogP contribution in [0.2, 0.25) is 0 Å². The number of hydrogen-bond acceptors (Lipinski definition) is 7. The maximum Gasteiger partial charge on any atom is 0.271 e. The third-order valence-electron chi connectivity index (χ3n) is 5.33. The number of nitrogens with two attached hydrogens (primary N) is 1. The highest BCUT2D eigenvalue weighted by Crippen LogP contribution is 2.40. The largest absolute Gasteiger partial charge is 0.454 e. The second kappa shape index (κ2) is 11.0. The lowest BCUT2D eigenvalue weighted by Gasteiger charge is -2.15. The number of rotatable bonds is 11. The lowest BCUT2D eigenvalue weighted by molar-refractivity contribution is -0.117. The van der Waals surface area contributed by atoms with Gasteiger partial charge in [0.15, 0.2) is 10.9 Å². The number of carbonyl (C=O) groups excluding carboxylic acids is 2. The van der Waals surface area contributed by atoms with Crippen molar-refractivity contribution >= 4 is 52.0 Å². The van der Waals surface area contributed by atoms with Gasteiger partial charge >= 0.3 is 0 Å². The quantitative estimate of drug-likeness (QED) is 0.265. The maximum absolute atomic E-state index is 12.5. The Kier molecular flexibility index (Phi) is 8.04. The van der Waals surface area contributed by atoms with Crippen LogP contribution in [0.4, 0.5) is 5.82 Å². The SMILES string of the molecule is CC(C)NCCCn1c(SC2=COC(c3ccccc3I)O2)nc(C(N)=O)c1NC(=O)C1CC1. The Bertz CT molecular complexity index is 1100. The Morgan fingerprint density at radius 3 is 2.76 bits per heavy atom. The minimum absolute atomic E-state index is 0.0221. The highest BCUT2D eigenvalue weighted by atomic mass is 127. The fraction of sp³-hybridized carbons (Fsp3) is 0.435. The van der Waals surface area contributed by atoms with Crippen LogP contribution in [-0.4, -0.2) is 34.0 Å².